The molecule has 1 aliphatic heterocycles. The van der Waals surface area contributed by atoms with E-state index in [-0.39, 0.29) is 30.5 Å². The maximum Gasteiger partial charge on any atom is 0.416 e. The highest BCUT2D eigenvalue weighted by molar-refractivity contribution is 6.07. The first-order valence-corrected chi connectivity index (χ1v) is 11.0. The number of amides is 2. The Morgan fingerprint density at radius 3 is 2.36 bits per heavy atom. The summed E-state index contributed by atoms with van der Waals surface area (Å²) in [6.07, 6.45) is -4.24. The average molecular weight is 463 g/mol. The molecular formula is C25H29F3N2O3. The number of carbonyl (C=O) groups excluding carboxylic acids is 2. The number of aryl methyl sites for hydroxylation is 2. The maximum atomic E-state index is 13.5. The fourth-order valence-electron chi connectivity index (χ4n) is 4.58. The average Bonchev–Trinajstić information content (AvgIpc) is 2.99. The molecule has 1 fully saturated rings. The van der Waals surface area contributed by atoms with Crippen molar-refractivity contribution >= 4 is 23.2 Å². The molecule has 2 aromatic rings. The second-order valence-electron chi connectivity index (χ2n) is 8.53. The van der Waals surface area contributed by atoms with Crippen LogP contribution in [0, 0.1) is 25.2 Å². The first-order chi connectivity index (χ1) is 15.4. The molecule has 1 heterocycles. The lowest BCUT2D eigenvalue weighted by Gasteiger charge is -2.30. The smallest absolute Gasteiger partial charge is 0.416 e. The highest BCUT2D eigenvalue weighted by Gasteiger charge is 2.54. The van der Waals surface area contributed by atoms with Crippen LogP contribution in [0.4, 0.5) is 24.5 Å². The van der Waals surface area contributed by atoms with Crippen molar-refractivity contribution in [2.75, 3.05) is 23.4 Å². The molecule has 2 amide bonds. The number of hydrogen-bond donors (Lipinski definition) is 1. The summed E-state index contributed by atoms with van der Waals surface area (Å²) in [6, 6.07) is 8.87. The number of halogens is 3. The predicted molar refractivity (Wildman–Crippen MR) is 121 cm³/mol. The van der Waals surface area contributed by atoms with Gasteiger partial charge in [0.25, 0.3) is 0 Å². The number of nitrogens with zero attached hydrogens (tertiary/aromatic N) is 1. The number of benzene rings is 2. The van der Waals surface area contributed by atoms with Gasteiger partial charge in [0.2, 0.25) is 11.8 Å². The molecule has 1 saturated heterocycles. The maximum absolute atomic E-state index is 13.5. The highest BCUT2D eigenvalue weighted by Crippen LogP contribution is 2.44. The zero-order valence-electron chi connectivity index (χ0n) is 19.5. The van der Waals surface area contributed by atoms with E-state index in [1.165, 1.54) is 6.07 Å². The molecule has 3 rings (SSSR count). The Labute approximate surface area is 191 Å². The van der Waals surface area contributed by atoms with E-state index >= 15 is 0 Å². The minimum absolute atomic E-state index is 0.0147. The number of nitrogens with one attached hydrogen (secondary N) is 1. The summed E-state index contributed by atoms with van der Waals surface area (Å²) in [5.41, 5.74) is 0.587. The van der Waals surface area contributed by atoms with Gasteiger partial charge in [0.1, 0.15) is 5.75 Å². The molecule has 0 saturated carbocycles. The van der Waals surface area contributed by atoms with E-state index in [4.69, 9.17) is 4.74 Å². The third-order valence-corrected chi connectivity index (χ3v) is 6.50. The second-order valence-corrected chi connectivity index (χ2v) is 8.53. The lowest BCUT2D eigenvalue weighted by molar-refractivity contribution is -0.137. The van der Waals surface area contributed by atoms with Gasteiger partial charge in [-0.15, -0.1) is 0 Å². The predicted octanol–water partition coefficient (Wildman–Crippen LogP) is 5.74. The van der Waals surface area contributed by atoms with Crippen LogP contribution in [-0.4, -0.2) is 25.0 Å². The van der Waals surface area contributed by atoms with Crippen molar-refractivity contribution in [3.63, 3.8) is 0 Å². The summed E-state index contributed by atoms with van der Waals surface area (Å²) in [6.45, 7) is 9.33. The molecular weight excluding hydrogens is 433 g/mol. The number of hydrogen-bond acceptors (Lipinski definition) is 3. The zero-order chi connectivity index (χ0) is 24.6. The van der Waals surface area contributed by atoms with Crippen LogP contribution in [0.15, 0.2) is 36.4 Å². The van der Waals surface area contributed by atoms with Gasteiger partial charge in [0.15, 0.2) is 0 Å². The van der Waals surface area contributed by atoms with Gasteiger partial charge in [-0.25, -0.2) is 0 Å². The van der Waals surface area contributed by atoms with Crippen LogP contribution in [0.5, 0.6) is 5.75 Å². The fraction of sp³-hybridized carbons (Fsp3) is 0.440. The van der Waals surface area contributed by atoms with Gasteiger partial charge in [0, 0.05) is 24.0 Å². The number of anilines is 2. The Hall–Kier alpha value is -3.03. The minimum atomic E-state index is -4.59. The van der Waals surface area contributed by atoms with Crippen molar-refractivity contribution < 1.29 is 27.5 Å². The second kappa shape index (κ2) is 9.08. The van der Waals surface area contributed by atoms with Crippen molar-refractivity contribution in [2.24, 2.45) is 11.3 Å². The monoisotopic (exact) mass is 462 g/mol. The van der Waals surface area contributed by atoms with Crippen LogP contribution in [0.25, 0.3) is 0 Å². The largest absolute Gasteiger partial charge is 0.494 e. The van der Waals surface area contributed by atoms with E-state index < -0.39 is 29.0 Å². The molecule has 2 atom stereocenters. The highest BCUT2D eigenvalue weighted by atomic mass is 19.4. The molecule has 0 aromatic heterocycles. The standard InChI is InChI=1S/C25H29F3N2O3/c1-6-24(14-30(22(31)17(24)5)21-15(3)9-8-10-16(21)4)23(32)29-19-11-18(25(26,27)28)12-20(13-19)33-7-2/h8-13,17H,6-7,14H2,1-5H3,(H,29,32)/t17?,24-/m1/s1. The van der Waals surface area contributed by atoms with E-state index in [0.717, 1.165) is 28.9 Å². The van der Waals surface area contributed by atoms with Crippen LogP contribution < -0.4 is 15.0 Å². The Morgan fingerprint density at radius 1 is 1.18 bits per heavy atom. The van der Waals surface area contributed by atoms with Crippen molar-refractivity contribution in [3.8, 4) is 5.75 Å². The number of para-hydroxylation sites is 1. The first kappa shape index (κ1) is 24.6. The third-order valence-electron chi connectivity index (χ3n) is 6.50. The number of ether oxygens (including phenoxy) is 1. The molecule has 1 aliphatic rings. The molecule has 178 valence electrons. The molecule has 1 N–H and O–H groups in total. The van der Waals surface area contributed by atoms with Gasteiger partial charge < -0.3 is 15.0 Å². The van der Waals surface area contributed by atoms with E-state index in [2.05, 4.69) is 5.32 Å². The van der Waals surface area contributed by atoms with Crippen molar-refractivity contribution in [3.05, 3.63) is 53.1 Å². The molecule has 0 spiro atoms. The summed E-state index contributed by atoms with van der Waals surface area (Å²) in [5, 5.41) is 2.64. The van der Waals surface area contributed by atoms with Gasteiger partial charge in [-0.2, -0.15) is 13.2 Å². The van der Waals surface area contributed by atoms with Crippen LogP contribution in [0.1, 0.15) is 43.9 Å². The molecule has 0 bridgehead atoms. The lowest BCUT2D eigenvalue weighted by Crippen LogP contribution is -2.42. The fourth-order valence-corrected chi connectivity index (χ4v) is 4.58. The van der Waals surface area contributed by atoms with E-state index in [0.29, 0.717) is 6.42 Å². The van der Waals surface area contributed by atoms with Crippen molar-refractivity contribution in [2.45, 2.75) is 47.2 Å². The van der Waals surface area contributed by atoms with Crippen molar-refractivity contribution in [1.82, 2.24) is 0 Å². The molecule has 1 unspecified atom stereocenters. The summed E-state index contributed by atoms with van der Waals surface area (Å²) >= 11 is 0. The number of alkyl halides is 3. The van der Waals surface area contributed by atoms with Gasteiger partial charge in [-0.3, -0.25) is 9.59 Å². The molecule has 33 heavy (non-hydrogen) atoms. The van der Waals surface area contributed by atoms with Gasteiger partial charge >= 0.3 is 6.18 Å². The summed E-state index contributed by atoms with van der Waals surface area (Å²) in [4.78, 5) is 28.4. The first-order valence-electron chi connectivity index (χ1n) is 11.0. The molecule has 5 nitrogen and oxygen atoms in total. The summed E-state index contributed by atoms with van der Waals surface area (Å²) in [5.74, 6) is -1.29. The van der Waals surface area contributed by atoms with E-state index in [1.54, 1.807) is 18.7 Å². The Balaban J connectivity index is 1.97. The summed E-state index contributed by atoms with van der Waals surface area (Å²) in [7, 11) is 0. The SMILES string of the molecule is CCOc1cc(NC(=O)[C@]2(CC)CN(c3c(C)cccc3C)C(=O)C2C)cc(C(F)(F)F)c1. The van der Waals surface area contributed by atoms with Crippen LogP contribution in [0.3, 0.4) is 0 Å². The number of carbonyl (C=O) groups is 2. The van der Waals surface area contributed by atoms with Crippen LogP contribution in [-0.2, 0) is 15.8 Å². The van der Waals surface area contributed by atoms with E-state index in [9.17, 15) is 22.8 Å². The number of rotatable bonds is 6. The van der Waals surface area contributed by atoms with Crippen LogP contribution >= 0.6 is 0 Å². The topological polar surface area (TPSA) is 58.6 Å². The molecule has 0 radical (unpaired) electrons. The summed E-state index contributed by atoms with van der Waals surface area (Å²) < 4.78 is 45.4. The third kappa shape index (κ3) is 4.56. The van der Waals surface area contributed by atoms with Gasteiger partial charge in [-0.1, -0.05) is 32.0 Å². The zero-order valence-corrected chi connectivity index (χ0v) is 19.5. The molecule has 2 aromatic carbocycles. The lowest BCUT2D eigenvalue weighted by atomic mass is 9.75. The van der Waals surface area contributed by atoms with Gasteiger partial charge in [-0.05, 0) is 50.5 Å². The Morgan fingerprint density at radius 2 is 1.82 bits per heavy atom. The Bertz CT molecular complexity index is 1050. The minimum Gasteiger partial charge on any atom is -0.494 e. The van der Waals surface area contributed by atoms with E-state index in [1.807, 2.05) is 39.0 Å². The van der Waals surface area contributed by atoms with Gasteiger partial charge in [0.05, 0.1) is 23.5 Å². The Kier molecular flexibility index (Phi) is 6.77. The quantitative estimate of drug-likeness (QED) is 0.596. The van der Waals surface area contributed by atoms with Crippen LogP contribution in [0.2, 0.25) is 0 Å². The van der Waals surface area contributed by atoms with Crippen molar-refractivity contribution in [1.29, 1.82) is 0 Å². The normalized spacial score (nSPS) is 20.8. The molecule has 8 heteroatoms. The molecule has 0 aliphatic carbocycles.